The molecule has 0 bridgehead atoms. The third kappa shape index (κ3) is 5.34. The van der Waals surface area contributed by atoms with Crippen LogP contribution < -0.4 is 15.8 Å². The molecule has 3 N–H and O–H groups in total. The Morgan fingerprint density at radius 1 is 1.32 bits per heavy atom. The summed E-state index contributed by atoms with van der Waals surface area (Å²) >= 11 is 0. The molecule has 4 nitrogen and oxygen atoms in total. The first-order valence-electron chi connectivity index (χ1n) is 6.53. The summed E-state index contributed by atoms with van der Waals surface area (Å²) in [7, 11) is 1.51. The van der Waals surface area contributed by atoms with Gasteiger partial charge in [0.1, 0.15) is 11.6 Å². The number of benzene rings is 1. The minimum Gasteiger partial charge on any atom is -0.495 e. The molecule has 0 aliphatic carbocycles. The van der Waals surface area contributed by atoms with E-state index in [1.54, 1.807) is 6.07 Å². The highest BCUT2D eigenvalue weighted by molar-refractivity contribution is 5.62. The van der Waals surface area contributed by atoms with E-state index in [9.17, 15) is 4.39 Å². The van der Waals surface area contributed by atoms with Crippen LogP contribution in [-0.4, -0.2) is 26.4 Å². The maximum Gasteiger partial charge on any atom is 0.148 e. The van der Waals surface area contributed by atoms with Gasteiger partial charge in [0.2, 0.25) is 0 Å². The predicted molar refractivity (Wildman–Crippen MR) is 76.2 cm³/mol. The zero-order valence-corrected chi connectivity index (χ0v) is 11.8. The Labute approximate surface area is 114 Å². The Bertz CT molecular complexity index is 397. The first kappa shape index (κ1) is 15.6. The van der Waals surface area contributed by atoms with Gasteiger partial charge in [-0.2, -0.15) is 0 Å². The van der Waals surface area contributed by atoms with Gasteiger partial charge in [-0.05, 0) is 26.7 Å². The summed E-state index contributed by atoms with van der Waals surface area (Å²) < 4.78 is 24.1. The number of unbranched alkanes of at least 4 members (excludes halogenated alkanes) is 1. The van der Waals surface area contributed by atoms with Crippen LogP contribution in [0, 0.1) is 5.82 Å². The topological polar surface area (TPSA) is 56.5 Å². The molecule has 108 valence electrons. The number of nitrogens with one attached hydrogen (secondary N) is 1. The Morgan fingerprint density at radius 2 is 2.05 bits per heavy atom. The number of nitrogens with two attached hydrogens (primary N) is 1. The number of anilines is 2. The van der Waals surface area contributed by atoms with Crippen LogP contribution >= 0.6 is 0 Å². The molecule has 0 saturated carbocycles. The molecule has 0 heterocycles. The van der Waals surface area contributed by atoms with Crippen molar-refractivity contribution in [1.29, 1.82) is 0 Å². The third-order valence-corrected chi connectivity index (χ3v) is 2.66. The predicted octanol–water partition coefficient (Wildman–Crippen LogP) is 3.03. The largest absolute Gasteiger partial charge is 0.495 e. The second-order valence-electron chi connectivity index (χ2n) is 4.63. The first-order chi connectivity index (χ1) is 9.04. The van der Waals surface area contributed by atoms with Crippen LogP contribution in [-0.2, 0) is 4.74 Å². The van der Waals surface area contributed by atoms with Gasteiger partial charge in [0.15, 0.2) is 0 Å². The lowest BCUT2D eigenvalue weighted by atomic mass is 10.2. The molecule has 0 unspecified atom stereocenters. The minimum atomic E-state index is -0.364. The summed E-state index contributed by atoms with van der Waals surface area (Å²) in [6.07, 6.45) is 2.12. The van der Waals surface area contributed by atoms with E-state index >= 15 is 0 Å². The summed E-state index contributed by atoms with van der Waals surface area (Å²) in [6.45, 7) is 5.43. The molecule has 1 aromatic carbocycles. The standard InChI is InChI=1S/C14H23FN2O2/c1-10(2)19-7-5-4-6-17-13-9-14(18-3)12(16)8-11(13)15/h8-10,17H,4-7,16H2,1-3H3. The third-order valence-electron chi connectivity index (χ3n) is 2.66. The molecule has 0 aliphatic rings. The molecule has 1 aromatic rings. The normalized spacial score (nSPS) is 10.8. The van der Waals surface area contributed by atoms with Crippen LogP contribution in [0.1, 0.15) is 26.7 Å². The fraction of sp³-hybridized carbons (Fsp3) is 0.571. The summed E-state index contributed by atoms with van der Waals surface area (Å²) in [4.78, 5) is 0. The Hall–Kier alpha value is -1.49. The number of hydrogen-bond donors (Lipinski definition) is 2. The van der Waals surface area contributed by atoms with E-state index in [4.69, 9.17) is 15.2 Å². The van der Waals surface area contributed by atoms with Crippen molar-refractivity contribution < 1.29 is 13.9 Å². The average molecular weight is 270 g/mol. The van der Waals surface area contributed by atoms with E-state index in [0.717, 1.165) is 19.4 Å². The summed E-state index contributed by atoms with van der Waals surface area (Å²) in [5.41, 5.74) is 6.33. The van der Waals surface area contributed by atoms with E-state index in [2.05, 4.69) is 5.32 Å². The molecular formula is C14H23FN2O2. The SMILES string of the molecule is COc1cc(NCCCCOC(C)C)c(F)cc1N. The van der Waals surface area contributed by atoms with Gasteiger partial charge in [-0.3, -0.25) is 0 Å². The van der Waals surface area contributed by atoms with E-state index in [0.29, 0.717) is 23.7 Å². The van der Waals surface area contributed by atoms with Crippen LogP contribution in [0.5, 0.6) is 5.75 Å². The summed E-state index contributed by atoms with van der Waals surface area (Å²) in [6, 6.07) is 2.85. The number of hydrogen-bond acceptors (Lipinski definition) is 4. The highest BCUT2D eigenvalue weighted by atomic mass is 19.1. The van der Waals surface area contributed by atoms with Crippen LogP contribution in [0.2, 0.25) is 0 Å². The molecular weight excluding hydrogens is 247 g/mol. The lowest BCUT2D eigenvalue weighted by Gasteiger charge is -2.11. The Morgan fingerprint density at radius 3 is 2.68 bits per heavy atom. The van der Waals surface area contributed by atoms with Crippen LogP contribution in [0.25, 0.3) is 0 Å². The van der Waals surface area contributed by atoms with Crippen LogP contribution in [0.4, 0.5) is 15.8 Å². The fourth-order valence-corrected chi connectivity index (χ4v) is 1.65. The van der Waals surface area contributed by atoms with Crippen molar-refractivity contribution in [3.8, 4) is 5.75 Å². The second kappa shape index (κ2) is 7.84. The Balaban J connectivity index is 2.37. The molecule has 0 amide bonds. The minimum absolute atomic E-state index is 0.256. The molecule has 0 radical (unpaired) electrons. The molecule has 0 fully saturated rings. The lowest BCUT2D eigenvalue weighted by molar-refractivity contribution is 0.0765. The zero-order valence-electron chi connectivity index (χ0n) is 11.8. The maximum absolute atomic E-state index is 13.6. The van der Waals surface area contributed by atoms with Crippen molar-refractivity contribution in [3.63, 3.8) is 0 Å². The van der Waals surface area contributed by atoms with Crippen molar-refractivity contribution in [3.05, 3.63) is 17.9 Å². The zero-order chi connectivity index (χ0) is 14.3. The molecule has 0 spiro atoms. The number of rotatable bonds is 8. The number of ether oxygens (including phenoxy) is 2. The van der Waals surface area contributed by atoms with Gasteiger partial charge in [0, 0.05) is 25.3 Å². The lowest BCUT2D eigenvalue weighted by Crippen LogP contribution is -2.08. The summed E-state index contributed by atoms with van der Waals surface area (Å²) in [5.74, 6) is 0.115. The monoisotopic (exact) mass is 270 g/mol. The van der Waals surface area contributed by atoms with Crippen molar-refractivity contribution >= 4 is 11.4 Å². The first-order valence-corrected chi connectivity index (χ1v) is 6.53. The van der Waals surface area contributed by atoms with Gasteiger partial charge >= 0.3 is 0 Å². The van der Waals surface area contributed by atoms with Gasteiger partial charge in [-0.15, -0.1) is 0 Å². The van der Waals surface area contributed by atoms with Crippen molar-refractivity contribution in [1.82, 2.24) is 0 Å². The Kier molecular flexibility index (Phi) is 6.42. The van der Waals surface area contributed by atoms with Gasteiger partial charge in [0.05, 0.1) is 24.6 Å². The van der Waals surface area contributed by atoms with E-state index in [1.165, 1.54) is 13.2 Å². The van der Waals surface area contributed by atoms with Crippen molar-refractivity contribution in [2.75, 3.05) is 31.3 Å². The van der Waals surface area contributed by atoms with Gasteiger partial charge < -0.3 is 20.5 Å². The van der Waals surface area contributed by atoms with E-state index in [-0.39, 0.29) is 11.9 Å². The second-order valence-corrected chi connectivity index (χ2v) is 4.63. The molecule has 19 heavy (non-hydrogen) atoms. The molecule has 0 aliphatic heterocycles. The van der Waals surface area contributed by atoms with Gasteiger partial charge in [-0.1, -0.05) is 0 Å². The van der Waals surface area contributed by atoms with Crippen molar-refractivity contribution in [2.45, 2.75) is 32.8 Å². The highest BCUT2D eigenvalue weighted by Gasteiger charge is 2.07. The number of nitrogen functional groups attached to an aromatic ring is 1. The molecule has 0 atom stereocenters. The van der Waals surface area contributed by atoms with Gasteiger partial charge in [0.25, 0.3) is 0 Å². The molecule has 5 heteroatoms. The quantitative estimate of drug-likeness (QED) is 0.563. The van der Waals surface area contributed by atoms with Crippen LogP contribution in [0.3, 0.4) is 0 Å². The summed E-state index contributed by atoms with van der Waals surface area (Å²) in [5, 5.41) is 3.04. The smallest absolute Gasteiger partial charge is 0.148 e. The number of methoxy groups -OCH3 is 1. The highest BCUT2D eigenvalue weighted by Crippen LogP contribution is 2.28. The average Bonchev–Trinajstić information content (AvgIpc) is 2.35. The molecule has 1 rings (SSSR count). The van der Waals surface area contributed by atoms with Crippen molar-refractivity contribution in [2.24, 2.45) is 0 Å². The van der Waals surface area contributed by atoms with Gasteiger partial charge in [-0.25, -0.2) is 4.39 Å². The molecule has 0 saturated heterocycles. The maximum atomic E-state index is 13.6. The molecule has 0 aromatic heterocycles. The van der Waals surface area contributed by atoms with E-state index in [1.807, 2.05) is 13.8 Å². The number of halogens is 1. The fourth-order valence-electron chi connectivity index (χ4n) is 1.65. The van der Waals surface area contributed by atoms with Crippen LogP contribution in [0.15, 0.2) is 12.1 Å². The van der Waals surface area contributed by atoms with E-state index < -0.39 is 0 Å².